The third kappa shape index (κ3) is 3.50. The SMILES string of the molecule is CN(C)c1ccc(N=Nc2ccc([N+](=O)[O-])c[n+]2[O-])cc1. The van der Waals surface area contributed by atoms with E-state index in [1.165, 1.54) is 12.1 Å². The Morgan fingerprint density at radius 2 is 1.76 bits per heavy atom. The van der Waals surface area contributed by atoms with Gasteiger partial charge in [0.05, 0.1) is 10.0 Å². The monoisotopic (exact) mass is 287 g/mol. The molecule has 2 rings (SSSR count). The molecule has 8 heteroatoms. The Balaban J connectivity index is 2.19. The zero-order valence-corrected chi connectivity index (χ0v) is 11.5. The third-order valence-corrected chi connectivity index (χ3v) is 2.72. The number of benzene rings is 1. The molecule has 0 atom stereocenters. The zero-order chi connectivity index (χ0) is 15.4. The highest BCUT2D eigenvalue weighted by Crippen LogP contribution is 2.20. The number of rotatable bonds is 4. The second-order valence-corrected chi connectivity index (χ2v) is 4.44. The molecule has 0 bridgehead atoms. The fourth-order valence-corrected chi connectivity index (χ4v) is 1.57. The summed E-state index contributed by atoms with van der Waals surface area (Å²) in [6.45, 7) is 0. The number of azo groups is 1. The molecule has 1 aromatic heterocycles. The van der Waals surface area contributed by atoms with Crippen molar-refractivity contribution in [3.63, 3.8) is 0 Å². The Labute approximate surface area is 120 Å². The predicted octanol–water partition coefficient (Wildman–Crippen LogP) is 2.71. The van der Waals surface area contributed by atoms with Gasteiger partial charge in [-0.15, -0.1) is 0 Å². The van der Waals surface area contributed by atoms with E-state index in [2.05, 4.69) is 10.2 Å². The number of hydrogen-bond acceptors (Lipinski definition) is 6. The lowest BCUT2D eigenvalue weighted by Gasteiger charge is -2.11. The van der Waals surface area contributed by atoms with Crippen LogP contribution in [0.5, 0.6) is 0 Å². The Morgan fingerprint density at radius 3 is 2.29 bits per heavy atom. The highest BCUT2D eigenvalue weighted by atomic mass is 16.6. The molecule has 0 spiro atoms. The van der Waals surface area contributed by atoms with Gasteiger partial charge < -0.3 is 10.1 Å². The minimum atomic E-state index is -0.644. The van der Waals surface area contributed by atoms with Gasteiger partial charge in [0.15, 0.2) is 6.20 Å². The van der Waals surface area contributed by atoms with Crippen molar-refractivity contribution in [2.45, 2.75) is 0 Å². The second-order valence-electron chi connectivity index (χ2n) is 4.44. The van der Waals surface area contributed by atoms with Gasteiger partial charge in [0.2, 0.25) is 0 Å². The smallest absolute Gasteiger partial charge is 0.354 e. The molecule has 0 N–H and O–H groups in total. The van der Waals surface area contributed by atoms with E-state index < -0.39 is 4.92 Å². The maximum Gasteiger partial charge on any atom is 0.354 e. The van der Waals surface area contributed by atoms with Crippen LogP contribution in [0, 0.1) is 15.3 Å². The van der Waals surface area contributed by atoms with Crippen molar-refractivity contribution in [1.29, 1.82) is 0 Å². The molecule has 0 radical (unpaired) electrons. The molecule has 0 aliphatic heterocycles. The minimum Gasteiger partial charge on any atom is -0.710 e. The quantitative estimate of drug-likeness (QED) is 0.284. The van der Waals surface area contributed by atoms with Crippen LogP contribution in [0.1, 0.15) is 0 Å². The van der Waals surface area contributed by atoms with Crippen LogP contribution in [0.2, 0.25) is 0 Å². The highest BCUT2D eigenvalue weighted by Gasteiger charge is 2.12. The van der Waals surface area contributed by atoms with Gasteiger partial charge in [-0.3, -0.25) is 10.1 Å². The largest absolute Gasteiger partial charge is 0.710 e. The molecular weight excluding hydrogens is 274 g/mol. The molecule has 0 amide bonds. The van der Waals surface area contributed by atoms with Gasteiger partial charge in [-0.1, -0.05) is 0 Å². The van der Waals surface area contributed by atoms with Crippen molar-refractivity contribution in [2.24, 2.45) is 10.2 Å². The number of nitrogens with zero attached hydrogens (tertiary/aromatic N) is 5. The van der Waals surface area contributed by atoms with E-state index in [-0.39, 0.29) is 11.5 Å². The summed E-state index contributed by atoms with van der Waals surface area (Å²) in [5.41, 5.74) is 1.31. The van der Waals surface area contributed by atoms with Gasteiger partial charge in [-0.05, 0) is 29.4 Å². The number of pyridine rings is 1. The lowest BCUT2D eigenvalue weighted by molar-refractivity contribution is -0.596. The summed E-state index contributed by atoms with van der Waals surface area (Å²) < 4.78 is 0.315. The Hall–Kier alpha value is -3.03. The molecule has 0 saturated carbocycles. The van der Waals surface area contributed by atoms with E-state index >= 15 is 0 Å². The Kier molecular flexibility index (Phi) is 4.07. The van der Waals surface area contributed by atoms with Crippen molar-refractivity contribution in [3.05, 3.63) is 57.9 Å². The summed E-state index contributed by atoms with van der Waals surface area (Å²) in [6.07, 6.45) is 0.851. The van der Waals surface area contributed by atoms with Crippen LogP contribution in [0.25, 0.3) is 0 Å². The average Bonchev–Trinajstić information content (AvgIpc) is 2.46. The minimum absolute atomic E-state index is 0.0164. The van der Waals surface area contributed by atoms with Crippen LogP contribution >= 0.6 is 0 Å². The van der Waals surface area contributed by atoms with Gasteiger partial charge in [0, 0.05) is 31.9 Å². The normalized spacial score (nSPS) is 10.8. The maximum atomic E-state index is 11.6. The molecule has 0 saturated heterocycles. The number of aromatic nitrogens is 1. The van der Waals surface area contributed by atoms with E-state index in [1.807, 2.05) is 31.1 Å². The van der Waals surface area contributed by atoms with Gasteiger partial charge >= 0.3 is 11.5 Å². The number of nitro groups is 1. The van der Waals surface area contributed by atoms with Gasteiger partial charge in [-0.25, -0.2) is 4.73 Å². The summed E-state index contributed by atoms with van der Waals surface area (Å²) in [5.74, 6) is -0.0164. The fourth-order valence-electron chi connectivity index (χ4n) is 1.57. The van der Waals surface area contributed by atoms with Crippen molar-refractivity contribution in [3.8, 4) is 0 Å². The molecule has 1 heterocycles. The molecule has 1 aromatic carbocycles. The predicted molar refractivity (Wildman–Crippen MR) is 77.0 cm³/mol. The standard InChI is InChI=1S/C13H13N5O3/c1-16(2)11-5-3-10(4-6-11)14-15-13-8-7-12(18(20)21)9-17(13)19/h3-9H,1-2H3. The van der Waals surface area contributed by atoms with Crippen molar-refractivity contribution in [2.75, 3.05) is 19.0 Å². The highest BCUT2D eigenvalue weighted by molar-refractivity contribution is 5.51. The van der Waals surface area contributed by atoms with E-state index in [4.69, 9.17) is 0 Å². The first-order valence-corrected chi connectivity index (χ1v) is 6.04. The van der Waals surface area contributed by atoms with Gasteiger partial charge in [-0.2, -0.15) is 0 Å². The van der Waals surface area contributed by atoms with E-state index in [0.717, 1.165) is 11.9 Å². The third-order valence-electron chi connectivity index (χ3n) is 2.72. The Bertz CT molecular complexity index is 683. The van der Waals surface area contributed by atoms with Crippen molar-refractivity contribution >= 4 is 22.9 Å². The molecule has 0 aliphatic rings. The van der Waals surface area contributed by atoms with Gasteiger partial charge in [0.25, 0.3) is 0 Å². The average molecular weight is 287 g/mol. The van der Waals surface area contributed by atoms with Gasteiger partial charge in [0.1, 0.15) is 5.69 Å². The lowest BCUT2D eigenvalue weighted by Crippen LogP contribution is -2.25. The second kappa shape index (κ2) is 5.95. The zero-order valence-electron chi connectivity index (χ0n) is 11.5. The van der Waals surface area contributed by atoms with Crippen LogP contribution in [-0.2, 0) is 0 Å². The van der Waals surface area contributed by atoms with Crippen molar-refractivity contribution < 1.29 is 9.65 Å². The van der Waals surface area contributed by atoms with Crippen LogP contribution in [-0.4, -0.2) is 19.0 Å². The van der Waals surface area contributed by atoms with Crippen LogP contribution in [0.4, 0.5) is 22.9 Å². The molecule has 21 heavy (non-hydrogen) atoms. The summed E-state index contributed by atoms with van der Waals surface area (Å²) in [7, 11) is 3.85. The maximum absolute atomic E-state index is 11.6. The summed E-state index contributed by atoms with van der Waals surface area (Å²) in [6, 6.07) is 9.73. The summed E-state index contributed by atoms with van der Waals surface area (Å²) in [5, 5.41) is 29.8. The van der Waals surface area contributed by atoms with Crippen molar-refractivity contribution in [1.82, 2.24) is 0 Å². The van der Waals surface area contributed by atoms with E-state index in [0.29, 0.717) is 10.4 Å². The number of hydrogen-bond donors (Lipinski definition) is 0. The van der Waals surface area contributed by atoms with Crippen LogP contribution in [0.3, 0.4) is 0 Å². The first-order valence-electron chi connectivity index (χ1n) is 6.04. The first-order chi connectivity index (χ1) is 9.97. The van der Waals surface area contributed by atoms with Crippen LogP contribution in [0.15, 0.2) is 52.8 Å². The molecule has 8 nitrogen and oxygen atoms in total. The fraction of sp³-hybridized carbons (Fsp3) is 0.154. The van der Waals surface area contributed by atoms with E-state index in [1.54, 1.807) is 12.1 Å². The molecule has 0 fully saturated rings. The summed E-state index contributed by atoms with van der Waals surface area (Å²) >= 11 is 0. The molecule has 0 aliphatic carbocycles. The van der Waals surface area contributed by atoms with E-state index in [9.17, 15) is 15.3 Å². The Morgan fingerprint density at radius 1 is 1.10 bits per heavy atom. The molecule has 108 valence electrons. The molecular formula is C13H13N5O3. The lowest BCUT2D eigenvalue weighted by atomic mass is 10.3. The first kappa shape index (κ1) is 14.4. The molecule has 0 unspecified atom stereocenters. The number of anilines is 1. The topological polar surface area (TPSA) is 98.0 Å². The van der Waals surface area contributed by atoms with Crippen LogP contribution < -0.4 is 9.63 Å². The summed E-state index contributed by atoms with van der Waals surface area (Å²) in [4.78, 5) is 11.8. The molecule has 2 aromatic rings.